The summed E-state index contributed by atoms with van der Waals surface area (Å²) in [7, 11) is 0. The molecule has 0 aromatic carbocycles. The molecule has 5 heterocycles. The van der Waals surface area contributed by atoms with Gasteiger partial charge in [-0.1, -0.05) is 90.5 Å². The van der Waals surface area contributed by atoms with Crippen LogP contribution in [-0.4, -0.2) is 97.5 Å². The second-order valence-corrected chi connectivity index (χ2v) is 18.0. The number of aryl methyl sites for hydroxylation is 11. The van der Waals surface area contributed by atoms with Crippen molar-refractivity contribution in [1.29, 1.82) is 0 Å². The Kier molecular flexibility index (Phi) is 125. The molecule has 17 nitrogen and oxygen atoms in total. The van der Waals surface area contributed by atoms with Crippen LogP contribution in [0.1, 0.15) is 146 Å². The van der Waals surface area contributed by atoms with Crippen molar-refractivity contribution in [2.45, 2.75) is 191 Å². The quantitative estimate of drug-likeness (QED) is 0.0449. The molecule has 4 unspecified atom stereocenters. The van der Waals surface area contributed by atoms with Gasteiger partial charge in [-0.15, -0.1) is 41.5 Å². The summed E-state index contributed by atoms with van der Waals surface area (Å²) in [6.07, 6.45) is 21.4. The molecule has 0 amide bonds. The first-order valence-corrected chi connectivity index (χ1v) is 25.2. The van der Waals surface area contributed by atoms with Crippen LogP contribution in [-0.2, 0) is 384 Å². The number of aliphatic hydroxyl groups excluding tert-OH is 1. The van der Waals surface area contributed by atoms with E-state index in [1.807, 2.05) is 78.4 Å². The van der Waals surface area contributed by atoms with Crippen LogP contribution in [0.3, 0.4) is 0 Å². The van der Waals surface area contributed by atoms with Crippen LogP contribution >= 0.6 is 0 Å². The van der Waals surface area contributed by atoms with Crippen molar-refractivity contribution in [2.75, 3.05) is 13.2 Å². The van der Waals surface area contributed by atoms with Gasteiger partial charge in [-0.05, 0) is 63.6 Å². The van der Waals surface area contributed by atoms with Crippen molar-refractivity contribution in [1.82, 2.24) is 22.8 Å². The smallest absolute Gasteiger partial charge is 0.320 e. The third kappa shape index (κ3) is 73.4. The Hall–Kier alpha value is 4.16. The minimum atomic E-state index is -0.968. The first kappa shape index (κ1) is 137. The zero-order valence-electron chi connectivity index (χ0n) is 54.4. The molecule has 5 aromatic heterocycles. The van der Waals surface area contributed by atoms with Crippen LogP contribution in [0.5, 0.6) is 0 Å². The number of aliphatic carboxylic acids is 4. The van der Waals surface area contributed by atoms with Gasteiger partial charge in [-0.3, -0.25) is 56.2 Å². The fourth-order valence-electron chi connectivity index (χ4n) is 6.43. The van der Waals surface area contributed by atoms with E-state index in [1.54, 1.807) is 13.2 Å². The average Bonchev–Trinajstić information content (AvgIpc) is 4.11. The van der Waals surface area contributed by atoms with E-state index in [9.17, 15) is 24.0 Å². The van der Waals surface area contributed by atoms with Gasteiger partial charge in [-0.2, -0.15) is 0 Å². The Balaban J connectivity index is -0.0000000450. The number of nitrogens with two attached hydrogens (primary N) is 1. The van der Waals surface area contributed by atoms with E-state index in [1.165, 1.54) is 35.7 Å². The van der Waals surface area contributed by atoms with Crippen molar-refractivity contribution in [3.63, 3.8) is 0 Å². The number of carbonyl (C=O) groups excluding carboxylic acids is 2. The van der Waals surface area contributed by atoms with E-state index in [2.05, 4.69) is 111 Å². The van der Waals surface area contributed by atoms with Crippen molar-refractivity contribution in [3.8, 4) is 0 Å². The molecule has 0 spiro atoms. The topological polar surface area (TPSA) is 254 Å². The molecule has 0 fully saturated rings. The van der Waals surface area contributed by atoms with Gasteiger partial charge in [0.2, 0.25) is 0 Å². The number of hydrogen-bond donors (Lipinski definition) is 6. The van der Waals surface area contributed by atoms with Gasteiger partial charge < -0.3 is 157 Å². The number of nitrogens with zero attached hydrogens (tertiary/aromatic N) is 5. The molecule has 29 heteroatoms. The van der Waals surface area contributed by atoms with Crippen LogP contribution in [0.15, 0.2) is 0 Å². The Morgan fingerprint density at radius 2 is 0.789 bits per heavy atom. The van der Waals surface area contributed by atoms with Crippen LogP contribution in [0.4, 0.5) is 0 Å². The maximum atomic E-state index is 10.8. The second-order valence-electron chi connectivity index (χ2n) is 18.0. The summed E-state index contributed by atoms with van der Waals surface area (Å²) < 4.78 is 9.65. The molecule has 7 N–H and O–H groups in total. The standard InChI is InChI=1S/C11H15NO2.C11H17NO.C11H17N.C8H9NO2.C8H11N.C6H8O2.C2H5NO2.C2H4O2.2CH4.6W.6Y/c1-4-10(11(13)14)7-12-6-8(2)5-9(12)3;1-4-11(8-13)7-12-6-9(2)5-10(12)3;1-5-9(2)7-12-8-10(3)6-11(12)4;1-6-3-7(2)9(4-6)5-8(10)11;1-4-9-6-7(2)5-8(9)3;1-5(4-7)3-6(2)8;3-1-2(4)5;1-2(3)4;;;;;;;;;;;;;;/h10H,4,7H2,1-3H3,(H,13,14);11,13H,4,7-8H2,1-3H3;9H,5,7H2,1-4H3;5H2,1-2H3,(H,10,11);4H2,1-3H3;3,5H,1-2H3;1,3H2,(H,4,5);1H3,(H,3,4);2*1H4;;;;;;;;;;;;/q6*-2;;;;;;;;;;;;;;;;. The van der Waals surface area contributed by atoms with Crippen LogP contribution in [0.2, 0.25) is 0 Å². The number of carboxylic acid groups (broad SMARTS) is 4. The monoisotopic (exact) mass is 2720 g/mol. The van der Waals surface area contributed by atoms with Gasteiger partial charge in [0.05, 0.1) is 19.0 Å². The zero-order valence-corrected chi connectivity index (χ0v) is 89.0. The summed E-state index contributed by atoms with van der Waals surface area (Å²) in [6.45, 7) is 37.7. The van der Waals surface area contributed by atoms with Gasteiger partial charge >= 0.3 is 17.9 Å². The Labute approximate surface area is 780 Å². The van der Waals surface area contributed by atoms with Crippen molar-refractivity contribution in [2.24, 2.45) is 29.4 Å². The van der Waals surface area contributed by atoms with E-state index < -0.39 is 23.9 Å². The molecule has 0 aliphatic rings. The summed E-state index contributed by atoms with van der Waals surface area (Å²) in [5, 5.41) is 41.4. The van der Waals surface area contributed by atoms with E-state index in [0.717, 1.165) is 83.8 Å². The zero-order chi connectivity index (χ0) is 59.4. The Morgan fingerprint density at radius 1 is 0.500 bits per heavy atom. The fourth-order valence-corrected chi connectivity index (χ4v) is 6.43. The number of hydrogen-bond acceptors (Lipinski definition) is 8. The summed E-state index contributed by atoms with van der Waals surface area (Å²) in [5.41, 5.74) is 14.9. The molecule has 0 bridgehead atoms. The van der Waals surface area contributed by atoms with Crippen LogP contribution in [0.25, 0.3) is 0 Å². The fraction of sp³-hybridized carbons (Fsp3) is 0.557. The van der Waals surface area contributed by atoms with E-state index in [-0.39, 0.29) is 375 Å². The van der Waals surface area contributed by atoms with Gasteiger partial charge in [0, 0.05) is 336 Å². The first-order chi connectivity index (χ1) is 35.3. The molecule has 500 valence electrons. The minimum Gasteiger partial charge on any atom is -0.592 e. The van der Waals surface area contributed by atoms with Crippen molar-refractivity contribution >= 4 is 35.9 Å². The van der Waals surface area contributed by atoms with E-state index in [0.29, 0.717) is 18.9 Å². The van der Waals surface area contributed by atoms with Gasteiger partial charge in [-0.25, -0.2) is 5.69 Å². The molecule has 4 atom stereocenters. The van der Waals surface area contributed by atoms with Crippen LogP contribution in [0, 0.1) is 161 Å². The number of Topliss-reactive ketones (excluding diaryl/α,β-unsaturated/α-hetero) is 1. The number of rotatable bonds is 18. The van der Waals surface area contributed by atoms with E-state index in [4.69, 9.17) is 30.3 Å². The number of aromatic nitrogens is 5. The SMILES string of the molecule is C.C.CC(=O)O.CC(=O)[CH-]C(C)[C-]=O.CCC(C)Cn1[c-]c(C)[c-]c1C.CCC(CO)Cn1[c-]c(C)[c-]c1C.CCC(Cn1[c-]c(C)[c-]c1C)C(=O)O.CCn1[c-]c(C)[c-]c1C.Cc1[c-]c(C)n(CC(=O)O)[c-]1.NCC(=O)O.[W].[W].[W].[W].[W].[W].[Y].[Y].[Y].[Y].[Y].[Y]. The molecular weight excluding hydrogens is 2630 g/mol. The summed E-state index contributed by atoms with van der Waals surface area (Å²) in [5.74, 6) is -3.08. The molecule has 5 aromatic rings. The van der Waals surface area contributed by atoms with Crippen LogP contribution < -0.4 is 5.73 Å². The maximum Gasteiger partial charge on any atom is 0.320 e. The molecule has 0 saturated carbocycles. The summed E-state index contributed by atoms with van der Waals surface area (Å²) >= 11 is 0. The molecule has 6 radical (unpaired) electrons. The third-order valence-corrected chi connectivity index (χ3v) is 10.5. The maximum absolute atomic E-state index is 10.8. The van der Waals surface area contributed by atoms with Gasteiger partial charge in [0.1, 0.15) is 0 Å². The van der Waals surface area contributed by atoms with Gasteiger partial charge in [0.25, 0.3) is 5.97 Å². The number of carbonyl (C=O) groups is 5. The molecule has 90 heavy (non-hydrogen) atoms. The predicted octanol–water partition coefficient (Wildman–Crippen LogP) is 9.69. The van der Waals surface area contributed by atoms with Crippen molar-refractivity contribution < 1.29 is 377 Å². The second kappa shape index (κ2) is 82.1. The first-order valence-electron chi connectivity index (χ1n) is 25.2. The summed E-state index contributed by atoms with van der Waals surface area (Å²) in [6, 6.07) is 15.6. The third-order valence-electron chi connectivity index (χ3n) is 10.5. The molecule has 0 saturated heterocycles. The number of carboxylic acids is 4. The Bertz CT molecular complexity index is 2490. The molecule has 5 rings (SSSR count). The van der Waals surface area contributed by atoms with Gasteiger partial charge in [0.15, 0.2) is 0 Å². The predicted molar refractivity (Wildman–Crippen MR) is 306 cm³/mol. The molecular formula is C61H94N6O11W6Y6-12. The molecule has 0 aliphatic heterocycles. The normalized spacial score (nSPS) is 9.69. The minimum absolute atomic E-state index is 0. The van der Waals surface area contributed by atoms with E-state index >= 15 is 0 Å². The largest absolute Gasteiger partial charge is 0.592 e. The summed E-state index contributed by atoms with van der Waals surface area (Å²) in [4.78, 5) is 59.2. The Morgan fingerprint density at radius 3 is 0.967 bits per heavy atom. The molecule has 0 aliphatic carbocycles. The average molecular weight is 2720 g/mol. The number of ketones is 1. The van der Waals surface area contributed by atoms with Crippen molar-refractivity contribution in [3.05, 3.63) is 124 Å². The number of aliphatic hydroxyl groups is 1.